The fourth-order valence-electron chi connectivity index (χ4n) is 4.28. The second-order valence-electron chi connectivity index (χ2n) is 9.39. The Morgan fingerprint density at radius 1 is 1.19 bits per heavy atom. The van der Waals surface area contributed by atoms with Gasteiger partial charge in [-0.05, 0) is 50.9 Å². The number of hydrogen-bond donors (Lipinski definition) is 3. The Morgan fingerprint density at radius 3 is 2.38 bits per heavy atom. The standard InChI is InChI=1S/C22H35F2N3O5/c1-13(2)10-18(20(30)26-17(12-28)11-16-6-9-25-19(16)29)27-21(31)32-14(3)15-4-7-22(23,24)8-5-15/h12-18H,4-11H2,1-3H3,(H,25,29)(H,26,30)(H,27,31)/t14?,16-,17-,18-/m0/s1. The van der Waals surface area contributed by atoms with Gasteiger partial charge in [-0.15, -0.1) is 0 Å². The molecule has 10 heteroatoms. The van der Waals surface area contributed by atoms with Gasteiger partial charge in [0.25, 0.3) is 0 Å². The van der Waals surface area contributed by atoms with Gasteiger partial charge in [0, 0.05) is 25.3 Å². The molecule has 3 N–H and O–H groups in total. The lowest BCUT2D eigenvalue weighted by Crippen LogP contribution is -2.51. The van der Waals surface area contributed by atoms with Gasteiger partial charge in [0.15, 0.2) is 0 Å². The largest absolute Gasteiger partial charge is 0.446 e. The molecule has 2 aliphatic rings. The molecule has 1 heterocycles. The van der Waals surface area contributed by atoms with Gasteiger partial charge >= 0.3 is 6.09 Å². The van der Waals surface area contributed by atoms with Crippen molar-refractivity contribution in [3.05, 3.63) is 0 Å². The highest BCUT2D eigenvalue weighted by atomic mass is 19.3. The number of rotatable bonds is 10. The van der Waals surface area contributed by atoms with Crippen molar-refractivity contribution in [1.29, 1.82) is 0 Å². The third-order valence-corrected chi connectivity index (χ3v) is 6.23. The normalized spacial score (nSPS) is 23.7. The lowest BCUT2D eigenvalue weighted by Gasteiger charge is -2.32. The van der Waals surface area contributed by atoms with Crippen LogP contribution in [0.4, 0.5) is 13.6 Å². The van der Waals surface area contributed by atoms with Gasteiger partial charge in [0.05, 0.1) is 6.04 Å². The molecule has 0 aromatic heterocycles. The molecule has 32 heavy (non-hydrogen) atoms. The minimum absolute atomic E-state index is 0.0688. The van der Waals surface area contributed by atoms with E-state index in [1.165, 1.54) is 0 Å². The summed E-state index contributed by atoms with van der Waals surface area (Å²) < 4.78 is 32.1. The number of alkyl carbamates (subject to hydrolysis) is 1. The van der Waals surface area contributed by atoms with Crippen molar-refractivity contribution in [2.24, 2.45) is 17.8 Å². The summed E-state index contributed by atoms with van der Waals surface area (Å²) >= 11 is 0. The van der Waals surface area contributed by atoms with Crippen LogP contribution in [0.2, 0.25) is 0 Å². The van der Waals surface area contributed by atoms with Gasteiger partial charge < -0.3 is 25.5 Å². The molecule has 1 aliphatic carbocycles. The molecule has 3 amide bonds. The minimum atomic E-state index is -2.66. The van der Waals surface area contributed by atoms with Crippen LogP contribution in [0.5, 0.6) is 0 Å². The van der Waals surface area contributed by atoms with E-state index in [4.69, 9.17) is 4.74 Å². The molecule has 0 aromatic rings. The Morgan fingerprint density at radius 2 is 1.84 bits per heavy atom. The molecule has 8 nitrogen and oxygen atoms in total. The van der Waals surface area contributed by atoms with E-state index < -0.39 is 36.1 Å². The van der Waals surface area contributed by atoms with Crippen molar-refractivity contribution >= 4 is 24.2 Å². The first-order valence-corrected chi connectivity index (χ1v) is 11.4. The molecule has 2 fully saturated rings. The summed E-state index contributed by atoms with van der Waals surface area (Å²) in [5.41, 5.74) is 0. The van der Waals surface area contributed by atoms with Crippen LogP contribution in [0.15, 0.2) is 0 Å². The van der Waals surface area contributed by atoms with Gasteiger partial charge in [-0.25, -0.2) is 13.6 Å². The highest BCUT2D eigenvalue weighted by molar-refractivity contribution is 5.88. The summed E-state index contributed by atoms with van der Waals surface area (Å²) in [6.07, 6.45) is 0.448. The molecular formula is C22H35F2N3O5. The third kappa shape index (κ3) is 8.02. The van der Waals surface area contributed by atoms with E-state index in [1.54, 1.807) is 6.92 Å². The van der Waals surface area contributed by atoms with E-state index in [0.29, 0.717) is 25.7 Å². The van der Waals surface area contributed by atoms with E-state index in [2.05, 4.69) is 16.0 Å². The van der Waals surface area contributed by atoms with Gasteiger partial charge in [0.1, 0.15) is 18.4 Å². The monoisotopic (exact) mass is 459 g/mol. The molecule has 2 rings (SSSR count). The molecule has 4 atom stereocenters. The maximum absolute atomic E-state index is 13.4. The number of halogens is 2. The molecule has 0 aromatic carbocycles. The smallest absolute Gasteiger partial charge is 0.408 e. The van der Waals surface area contributed by atoms with Gasteiger partial charge in [0.2, 0.25) is 17.7 Å². The van der Waals surface area contributed by atoms with Crippen LogP contribution in [0.25, 0.3) is 0 Å². The van der Waals surface area contributed by atoms with Gasteiger partial charge in [-0.1, -0.05) is 13.8 Å². The topological polar surface area (TPSA) is 114 Å². The summed E-state index contributed by atoms with van der Waals surface area (Å²) in [4.78, 5) is 48.4. The fourth-order valence-corrected chi connectivity index (χ4v) is 4.28. The molecule has 0 bridgehead atoms. The summed E-state index contributed by atoms with van der Waals surface area (Å²) in [5, 5.41) is 7.85. The van der Waals surface area contributed by atoms with Crippen LogP contribution < -0.4 is 16.0 Å². The number of carbonyl (C=O) groups excluding carboxylic acids is 4. The zero-order valence-electron chi connectivity index (χ0n) is 19.0. The predicted octanol–water partition coefficient (Wildman–Crippen LogP) is 2.55. The number of alkyl halides is 2. The second-order valence-corrected chi connectivity index (χ2v) is 9.39. The molecule has 1 saturated heterocycles. The highest BCUT2D eigenvalue weighted by Crippen LogP contribution is 2.38. The van der Waals surface area contributed by atoms with Gasteiger partial charge in [-0.2, -0.15) is 0 Å². The average molecular weight is 460 g/mol. The number of ether oxygens (including phenoxy) is 1. The highest BCUT2D eigenvalue weighted by Gasteiger charge is 2.38. The lowest BCUT2D eigenvalue weighted by atomic mass is 9.84. The quantitative estimate of drug-likeness (QED) is 0.435. The number of hydrogen-bond acceptors (Lipinski definition) is 5. The lowest BCUT2D eigenvalue weighted by molar-refractivity contribution is -0.127. The summed E-state index contributed by atoms with van der Waals surface area (Å²) in [5.74, 6) is -3.75. The molecule has 1 unspecified atom stereocenters. The van der Waals surface area contributed by atoms with Crippen LogP contribution in [0, 0.1) is 17.8 Å². The number of nitrogens with one attached hydrogen (secondary N) is 3. The van der Waals surface area contributed by atoms with Crippen LogP contribution in [-0.4, -0.2) is 54.8 Å². The van der Waals surface area contributed by atoms with E-state index in [0.717, 1.165) is 0 Å². The molecular weight excluding hydrogens is 424 g/mol. The second kappa shape index (κ2) is 11.6. The Bertz CT molecular complexity index is 678. The number of amides is 3. The predicted molar refractivity (Wildman–Crippen MR) is 113 cm³/mol. The van der Waals surface area contributed by atoms with E-state index in [9.17, 15) is 28.0 Å². The summed E-state index contributed by atoms with van der Waals surface area (Å²) in [6.45, 7) is 5.99. The summed E-state index contributed by atoms with van der Waals surface area (Å²) in [7, 11) is 0. The molecule has 1 aliphatic heterocycles. The molecule has 0 radical (unpaired) electrons. The molecule has 1 saturated carbocycles. The maximum atomic E-state index is 13.4. The van der Waals surface area contributed by atoms with Crippen molar-refractivity contribution in [3.63, 3.8) is 0 Å². The van der Waals surface area contributed by atoms with Crippen LogP contribution in [0.1, 0.15) is 65.7 Å². The van der Waals surface area contributed by atoms with E-state index >= 15 is 0 Å². The first kappa shape index (κ1) is 26.0. The SMILES string of the molecule is CC(C)C[C@H](NC(=O)OC(C)C1CCC(F)(F)CC1)C(=O)N[C@H](C=O)C[C@@H]1CCNC1=O. The molecule has 182 valence electrons. The van der Waals surface area contributed by atoms with E-state index in [1.807, 2.05) is 13.8 Å². The van der Waals surface area contributed by atoms with Crippen LogP contribution >= 0.6 is 0 Å². The Balaban J connectivity index is 1.90. The Kier molecular flexibility index (Phi) is 9.39. The Labute approximate surface area is 187 Å². The van der Waals surface area contributed by atoms with Crippen molar-refractivity contribution < 1.29 is 32.7 Å². The zero-order valence-corrected chi connectivity index (χ0v) is 19.0. The Hall–Kier alpha value is -2.26. The maximum Gasteiger partial charge on any atom is 0.408 e. The van der Waals surface area contributed by atoms with Crippen LogP contribution in [-0.2, 0) is 19.1 Å². The minimum Gasteiger partial charge on any atom is -0.446 e. The van der Waals surface area contributed by atoms with E-state index in [-0.39, 0.29) is 55.8 Å². The first-order chi connectivity index (χ1) is 15.0. The molecule has 0 spiro atoms. The van der Waals surface area contributed by atoms with Gasteiger partial charge in [-0.3, -0.25) is 9.59 Å². The fraction of sp³-hybridized carbons (Fsp3) is 0.818. The van der Waals surface area contributed by atoms with Crippen LogP contribution in [0.3, 0.4) is 0 Å². The number of aldehydes is 1. The van der Waals surface area contributed by atoms with Crippen molar-refractivity contribution in [3.8, 4) is 0 Å². The first-order valence-electron chi connectivity index (χ1n) is 11.4. The van der Waals surface area contributed by atoms with Crippen molar-refractivity contribution in [2.45, 2.75) is 89.8 Å². The third-order valence-electron chi connectivity index (χ3n) is 6.23. The van der Waals surface area contributed by atoms with Crippen molar-refractivity contribution in [2.75, 3.05) is 6.54 Å². The summed E-state index contributed by atoms with van der Waals surface area (Å²) in [6, 6.07) is -1.77. The average Bonchev–Trinajstić information content (AvgIpc) is 3.10. The van der Waals surface area contributed by atoms with Crippen molar-refractivity contribution in [1.82, 2.24) is 16.0 Å². The number of carbonyl (C=O) groups is 4. The zero-order chi connectivity index (χ0) is 23.9.